The molecule has 1 aliphatic heterocycles. The molecule has 5 rings (SSSR count). The predicted molar refractivity (Wildman–Crippen MR) is 144 cm³/mol. The maximum atomic E-state index is 14.3. The summed E-state index contributed by atoms with van der Waals surface area (Å²) in [5, 5.41) is 9.07. The number of anilines is 1. The van der Waals surface area contributed by atoms with Crippen molar-refractivity contribution in [1.82, 2.24) is 0 Å². The summed E-state index contributed by atoms with van der Waals surface area (Å²) in [6, 6.07) is 38.9. The van der Waals surface area contributed by atoms with Gasteiger partial charge in [-0.05, 0) is 34.9 Å². The summed E-state index contributed by atoms with van der Waals surface area (Å²) in [6.45, 7) is -2.84. The van der Waals surface area contributed by atoms with E-state index in [0.29, 0.717) is 11.0 Å². The molecule has 4 aromatic carbocycles. The van der Waals surface area contributed by atoms with Crippen molar-refractivity contribution >= 4 is 51.4 Å². The normalized spacial score (nSPS) is 13.5. The summed E-state index contributed by atoms with van der Waals surface area (Å²) in [6.07, 6.45) is 0. The highest BCUT2D eigenvalue weighted by Crippen LogP contribution is 2.48. The number of amides is 1. The predicted octanol–water partition coefficient (Wildman–Crippen LogP) is 3.73. The van der Waals surface area contributed by atoms with Crippen molar-refractivity contribution in [2.75, 3.05) is 12.1 Å². The first-order valence-corrected chi connectivity index (χ1v) is 13.0. The molecule has 0 unspecified atom stereocenters. The van der Waals surface area contributed by atoms with E-state index in [9.17, 15) is 9.59 Å². The van der Waals surface area contributed by atoms with Crippen molar-refractivity contribution in [3.05, 3.63) is 121 Å². The van der Waals surface area contributed by atoms with E-state index in [4.69, 9.17) is 4.74 Å². The second kappa shape index (κ2) is 9.57. The molecule has 1 aliphatic rings. The van der Waals surface area contributed by atoms with Crippen LogP contribution in [0.15, 0.2) is 126 Å². The summed E-state index contributed by atoms with van der Waals surface area (Å²) in [7, 11) is 1.31. The quantitative estimate of drug-likeness (QED) is 0.325. The lowest BCUT2D eigenvalue weighted by molar-refractivity contribution is -0.132. The average Bonchev–Trinajstić information content (AvgIpc) is 3.28. The van der Waals surface area contributed by atoms with E-state index in [1.165, 1.54) is 12.1 Å². The van der Waals surface area contributed by atoms with Crippen LogP contribution in [0.5, 0.6) is 0 Å². The second-order valence-corrected chi connectivity index (χ2v) is 11.3. The summed E-state index contributed by atoms with van der Waals surface area (Å²) < 4.78 is 5.15. The summed E-state index contributed by atoms with van der Waals surface area (Å²) in [5.74, 6) is -0.972. The number of methoxy groups -OCH3 is 1. The van der Waals surface area contributed by atoms with Gasteiger partial charge in [-0.3, -0.25) is 4.79 Å². The van der Waals surface area contributed by atoms with Gasteiger partial charge in [0.15, 0.2) is 5.71 Å². The fraction of sp³-hybridized carbons (Fsp3) is 0.0345. The first-order chi connectivity index (χ1) is 17.2. The van der Waals surface area contributed by atoms with E-state index in [-0.39, 0.29) is 11.6 Å². The lowest BCUT2D eigenvalue weighted by atomic mass is 10.2. The molecule has 1 heterocycles. The Labute approximate surface area is 204 Å². The van der Waals surface area contributed by atoms with Crippen LogP contribution in [-0.2, 0) is 14.3 Å². The van der Waals surface area contributed by atoms with E-state index in [1.54, 1.807) is 12.1 Å². The number of rotatable bonds is 5. The third-order valence-electron chi connectivity index (χ3n) is 5.96. The molecule has 5 nitrogen and oxygen atoms in total. The topological polar surface area (TPSA) is 59.0 Å². The third kappa shape index (κ3) is 3.80. The van der Waals surface area contributed by atoms with Crippen LogP contribution in [0.3, 0.4) is 0 Å². The molecule has 0 radical (unpaired) electrons. The minimum atomic E-state index is -2.84. The Kier molecular flexibility index (Phi) is 6.17. The van der Waals surface area contributed by atoms with E-state index in [1.807, 2.05) is 109 Å². The molecule has 0 spiro atoms. The highest BCUT2D eigenvalue weighted by molar-refractivity contribution is 7.98. The van der Waals surface area contributed by atoms with E-state index in [0.717, 1.165) is 15.9 Å². The SMILES string of the molecule is COC(=O)C1=NN(c2ccccc2)C(=O)C1=P(c1ccccc1)(c1ccccc1)c1ccccc1. The van der Waals surface area contributed by atoms with Crippen molar-refractivity contribution in [2.45, 2.75) is 0 Å². The van der Waals surface area contributed by atoms with Gasteiger partial charge in [0.1, 0.15) is 0 Å². The number of carbonyl (C=O) groups is 2. The number of carbonyl (C=O) groups excluding carboxylic acids is 2. The molecule has 1 amide bonds. The van der Waals surface area contributed by atoms with Crippen LogP contribution in [0.25, 0.3) is 0 Å². The number of ether oxygens (including phenoxy) is 1. The van der Waals surface area contributed by atoms with Crippen LogP contribution in [0, 0.1) is 0 Å². The van der Waals surface area contributed by atoms with Gasteiger partial charge in [-0.2, -0.15) is 10.1 Å². The molecule has 4 aromatic rings. The fourth-order valence-corrected chi connectivity index (χ4v) is 8.83. The van der Waals surface area contributed by atoms with Gasteiger partial charge in [0.2, 0.25) is 0 Å². The number of esters is 1. The highest BCUT2D eigenvalue weighted by atomic mass is 31.2. The van der Waals surface area contributed by atoms with Crippen LogP contribution >= 0.6 is 6.89 Å². The van der Waals surface area contributed by atoms with Crippen molar-refractivity contribution in [3.8, 4) is 0 Å². The zero-order chi connectivity index (χ0) is 24.3. The second-order valence-electron chi connectivity index (χ2n) is 7.92. The van der Waals surface area contributed by atoms with E-state index >= 15 is 0 Å². The smallest absolute Gasteiger partial charge is 0.359 e. The zero-order valence-electron chi connectivity index (χ0n) is 19.1. The Balaban J connectivity index is 1.98. The number of para-hydroxylation sites is 1. The van der Waals surface area contributed by atoms with Crippen molar-refractivity contribution in [2.24, 2.45) is 5.10 Å². The van der Waals surface area contributed by atoms with Crippen LogP contribution in [0.4, 0.5) is 5.69 Å². The van der Waals surface area contributed by atoms with Gasteiger partial charge < -0.3 is 4.74 Å². The standard InChI is InChI=1S/C29H23N2O3P/c1-34-29(33)26-27(28(32)31(30-26)22-14-6-2-7-15-22)35(23-16-8-3-9-17-23,24-18-10-4-11-19-24)25-20-12-5-13-21-25/h2-21H,1H3. The Morgan fingerprint density at radius 1 is 0.686 bits per heavy atom. The van der Waals surface area contributed by atoms with Crippen molar-refractivity contribution < 1.29 is 14.3 Å². The fourth-order valence-electron chi connectivity index (χ4n) is 4.46. The van der Waals surface area contributed by atoms with Gasteiger partial charge in [0, 0.05) is 0 Å². The monoisotopic (exact) mass is 478 g/mol. The van der Waals surface area contributed by atoms with Crippen LogP contribution in [0.2, 0.25) is 0 Å². The molecule has 0 N–H and O–H groups in total. The van der Waals surface area contributed by atoms with E-state index < -0.39 is 12.9 Å². The van der Waals surface area contributed by atoms with Gasteiger partial charge in [0.05, 0.1) is 18.1 Å². The maximum Gasteiger partial charge on any atom is 0.359 e. The Bertz CT molecular complexity index is 1350. The first kappa shape index (κ1) is 22.6. The Morgan fingerprint density at radius 2 is 1.09 bits per heavy atom. The molecule has 172 valence electrons. The van der Waals surface area contributed by atoms with Crippen LogP contribution in [-0.4, -0.2) is 30.0 Å². The highest BCUT2D eigenvalue weighted by Gasteiger charge is 2.44. The number of hydrogen-bond donors (Lipinski definition) is 0. The Hall–Kier alpha value is -4.21. The van der Waals surface area contributed by atoms with Gasteiger partial charge in [-0.1, -0.05) is 109 Å². The summed E-state index contributed by atoms with van der Waals surface area (Å²) in [4.78, 5) is 27.5. The molecular formula is C29H23N2O3P. The third-order valence-corrected chi connectivity index (χ3v) is 10.3. The summed E-state index contributed by atoms with van der Waals surface area (Å²) >= 11 is 0. The zero-order valence-corrected chi connectivity index (χ0v) is 20.0. The maximum absolute atomic E-state index is 14.3. The number of nitrogens with zero attached hydrogens (tertiary/aromatic N) is 2. The van der Waals surface area contributed by atoms with Crippen molar-refractivity contribution in [3.63, 3.8) is 0 Å². The minimum absolute atomic E-state index is 0.0336. The van der Waals surface area contributed by atoms with E-state index in [2.05, 4.69) is 5.10 Å². The average molecular weight is 478 g/mol. The first-order valence-electron chi connectivity index (χ1n) is 11.2. The number of benzene rings is 4. The van der Waals surface area contributed by atoms with Gasteiger partial charge in [-0.25, -0.2) is 4.79 Å². The molecule has 0 aliphatic carbocycles. The molecular weight excluding hydrogens is 455 g/mol. The lowest BCUT2D eigenvalue weighted by Gasteiger charge is -2.31. The van der Waals surface area contributed by atoms with Crippen LogP contribution in [0.1, 0.15) is 0 Å². The van der Waals surface area contributed by atoms with Crippen LogP contribution < -0.4 is 20.9 Å². The largest absolute Gasteiger partial charge is 0.464 e. The number of hydrogen-bond acceptors (Lipinski definition) is 4. The van der Waals surface area contributed by atoms with Gasteiger partial charge in [-0.15, -0.1) is 0 Å². The molecule has 35 heavy (non-hydrogen) atoms. The molecule has 0 saturated heterocycles. The Morgan fingerprint density at radius 3 is 1.49 bits per heavy atom. The molecule has 6 heteroatoms. The molecule has 0 fully saturated rings. The minimum Gasteiger partial charge on any atom is -0.464 e. The van der Waals surface area contributed by atoms with Crippen molar-refractivity contribution in [1.29, 1.82) is 0 Å². The summed E-state index contributed by atoms with van der Waals surface area (Å²) in [5.41, 5.74) is 0.618. The lowest BCUT2D eigenvalue weighted by Crippen LogP contribution is -2.39. The number of hydrazone groups is 1. The van der Waals surface area contributed by atoms with Gasteiger partial charge >= 0.3 is 5.97 Å². The molecule has 0 aromatic heterocycles. The molecule has 0 saturated carbocycles. The molecule has 0 bridgehead atoms. The van der Waals surface area contributed by atoms with Gasteiger partial charge in [0.25, 0.3) is 5.91 Å². The molecule has 0 atom stereocenters.